The summed E-state index contributed by atoms with van der Waals surface area (Å²) in [6.07, 6.45) is 5.07. The minimum absolute atomic E-state index is 0.0141. The van der Waals surface area contributed by atoms with Crippen LogP contribution in [0, 0.1) is 6.92 Å². The van der Waals surface area contributed by atoms with Gasteiger partial charge in [0.05, 0.1) is 12.2 Å². The van der Waals surface area contributed by atoms with Gasteiger partial charge in [0, 0.05) is 18.0 Å². The molecule has 0 aromatic carbocycles. The Bertz CT molecular complexity index is 391. The topological polar surface area (TPSA) is 44.5 Å². The Morgan fingerprint density at radius 3 is 2.68 bits per heavy atom. The van der Waals surface area contributed by atoms with Gasteiger partial charge < -0.3 is 15.2 Å². The van der Waals surface area contributed by atoms with E-state index in [1.54, 1.807) is 18.4 Å². The molecule has 3 nitrogen and oxygen atoms in total. The SMILES string of the molecule is COC1CCCC(OC(c2sccc2C)C(C)N)C1. The smallest absolute Gasteiger partial charge is 0.107 e. The van der Waals surface area contributed by atoms with Crippen LogP contribution in [0.5, 0.6) is 0 Å². The molecular weight excluding hydrogens is 258 g/mol. The van der Waals surface area contributed by atoms with Gasteiger partial charge in [-0.05, 0) is 56.5 Å². The number of thiophene rings is 1. The molecule has 2 N–H and O–H groups in total. The maximum absolute atomic E-state index is 6.32. The van der Waals surface area contributed by atoms with E-state index in [2.05, 4.69) is 18.4 Å². The van der Waals surface area contributed by atoms with Crippen molar-refractivity contribution in [2.45, 2.75) is 63.9 Å². The zero-order valence-corrected chi connectivity index (χ0v) is 12.9. The first-order chi connectivity index (χ1) is 9.11. The van der Waals surface area contributed by atoms with E-state index < -0.39 is 0 Å². The third-order valence-electron chi connectivity index (χ3n) is 3.89. The summed E-state index contributed by atoms with van der Waals surface area (Å²) in [6, 6.07) is 2.15. The molecule has 1 aliphatic carbocycles. The van der Waals surface area contributed by atoms with Gasteiger partial charge in [0.15, 0.2) is 0 Å². The van der Waals surface area contributed by atoms with Gasteiger partial charge in [-0.3, -0.25) is 0 Å². The maximum Gasteiger partial charge on any atom is 0.107 e. The molecule has 4 unspecified atom stereocenters. The largest absolute Gasteiger partial charge is 0.381 e. The van der Waals surface area contributed by atoms with Gasteiger partial charge in [0.2, 0.25) is 0 Å². The minimum atomic E-state index is 0.0141. The van der Waals surface area contributed by atoms with Crippen LogP contribution in [0.3, 0.4) is 0 Å². The molecule has 1 saturated carbocycles. The molecule has 19 heavy (non-hydrogen) atoms. The van der Waals surface area contributed by atoms with E-state index in [9.17, 15) is 0 Å². The Hall–Kier alpha value is -0.420. The van der Waals surface area contributed by atoms with Crippen LogP contribution in [0.1, 0.15) is 49.2 Å². The molecule has 0 saturated heterocycles. The molecule has 0 bridgehead atoms. The van der Waals surface area contributed by atoms with Crippen LogP contribution in [0.15, 0.2) is 11.4 Å². The Labute approximate surface area is 120 Å². The second-order valence-electron chi connectivity index (χ2n) is 5.53. The first-order valence-electron chi connectivity index (χ1n) is 7.09. The van der Waals surface area contributed by atoms with E-state index in [1.165, 1.54) is 16.9 Å². The Morgan fingerprint density at radius 1 is 1.37 bits per heavy atom. The molecule has 4 atom stereocenters. The van der Waals surface area contributed by atoms with Gasteiger partial charge in [0.1, 0.15) is 6.10 Å². The van der Waals surface area contributed by atoms with Gasteiger partial charge >= 0.3 is 0 Å². The van der Waals surface area contributed by atoms with Crippen molar-refractivity contribution in [3.05, 3.63) is 21.9 Å². The van der Waals surface area contributed by atoms with Gasteiger partial charge in [0.25, 0.3) is 0 Å². The van der Waals surface area contributed by atoms with Crippen LogP contribution in [-0.2, 0) is 9.47 Å². The monoisotopic (exact) mass is 283 g/mol. The molecule has 1 aliphatic rings. The molecule has 0 radical (unpaired) electrons. The fraction of sp³-hybridized carbons (Fsp3) is 0.733. The molecule has 4 heteroatoms. The molecular formula is C15H25NO2S. The third-order valence-corrected chi connectivity index (χ3v) is 4.97. The summed E-state index contributed by atoms with van der Waals surface area (Å²) in [7, 11) is 1.79. The third kappa shape index (κ3) is 3.78. The van der Waals surface area contributed by atoms with Crippen LogP contribution in [0.25, 0.3) is 0 Å². The molecule has 0 spiro atoms. The summed E-state index contributed by atoms with van der Waals surface area (Å²) >= 11 is 1.74. The molecule has 0 amide bonds. The second kappa shape index (κ2) is 6.84. The maximum atomic E-state index is 6.32. The number of ether oxygens (including phenoxy) is 2. The number of rotatable bonds is 5. The lowest BCUT2D eigenvalue weighted by atomic mass is 9.94. The highest BCUT2D eigenvalue weighted by atomic mass is 32.1. The average Bonchev–Trinajstić information content (AvgIpc) is 2.82. The lowest BCUT2D eigenvalue weighted by Gasteiger charge is -2.32. The Balaban J connectivity index is 2.03. The van der Waals surface area contributed by atoms with Crippen LogP contribution in [-0.4, -0.2) is 25.4 Å². The van der Waals surface area contributed by atoms with Gasteiger partial charge in [-0.1, -0.05) is 0 Å². The predicted octanol–water partition coefficient (Wildman–Crippen LogP) is 3.42. The number of hydrogen-bond donors (Lipinski definition) is 1. The highest BCUT2D eigenvalue weighted by Gasteiger charge is 2.28. The lowest BCUT2D eigenvalue weighted by Crippen LogP contribution is -2.34. The van der Waals surface area contributed by atoms with Gasteiger partial charge in [-0.25, -0.2) is 0 Å². The predicted molar refractivity (Wildman–Crippen MR) is 79.6 cm³/mol. The van der Waals surface area contributed by atoms with E-state index >= 15 is 0 Å². The number of nitrogens with two attached hydrogens (primary N) is 1. The number of hydrogen-bond acceptors (Lipinski definition) is 4. The van der Waals surface area contributed by atoms with Crippen molar-refractivity contribution < 1.29 is 9.47 Å². The fourth-order valence-electron chi connectivity index (χ4n) is 2.75. The van der Waals surface area contributed by atoms with E-state index in [0.29, 0.717) is 6.10 Å². The van der Waals surface area contributed by atoms with Crippen LogP contribution >= 0.6 is 11.3 Å². The fourth-order valence-corrected chi connectivity index (χ4v) is 3.82. The summed E-state index contributed by atoms with van der Waals surface area (Å²) in [4.78, 5) is 1.27. The van der Waals surface area contributed by atoms with Crippen molar-refractivity contribution in [1.82, 2.24) is 0 Å². The van der Waals surface area contributed by atoms with Crippen LogP contribution in [0.4, 0.5) is 0 Å². The Kier molecular flexibility index (Phi) is 5.39. The highest BCUT2D eigenvalue weighted by molar-refractivity contribution is 7.10. The minimum Gasteiger partial charge on any atom is -0.381 e. The second-order valence-corrected chi connectivity index (χ2v) is 6.48. The van der Waals surface area contributed by atoms with Crippen molar-refractivity contribution in [2.24, 2.45) is 5.73 Å². The Morgan fingerprint density at radius 2 is 2.11 bits per heavy atom. The zero-order valence-electron chi connectivity index (χ0n) is 12.1. The molecule has 2 rings (SSSR count). The van der Waals surface area contributed by atoms with E-state index in [4.69, 9.17) is 15.2 Å². The number of methoxy groups -OCH3 is 1. The first kappa shape index (κ1) is 15.0. The van der Waals surface area contributed by atoms with Crippen molar-refractivity contribution in [1.29, 1.82) is 0 Å². The zero-order chi connectivity index (χ0) is 13.8. The quantitative estimate of drug-likeness (QED) is 0.900. The normalized spacial score (nSPS) is 27.2. The van der Waals surface area contributed by atoms with E-state index in [-0.39, 0.29) is 18.2 Å². The van der Waals surface area contributed by atoms with Crippen molar-refractivity contribution in [2.75, 3.05) is 7.11 Å². The summed E-state index contributed by atoms with van der Waals surface area (Å²) in [5.74, 6) is 0. The van der Waals surface area contributed by atoms with E-state index in [0.717, 1.165) is 19.3 Å². The highest BCUT2D eigenvalue weighted by Crippen LogP contribution is 2.33. The average molecular weight is 283 g/mol. The molecule has 1 heterocycles. The molecule has 0 aliphatic heterocycles. The van der Waals surface area contributed by atoms with Gasteiger partial charge in [-0.2, -0.15) is 0 Å². The number of aryl methyl sites for hydroxylation is 1. The van der Waals surface area contributed by atoms with Crippen molar-refractivity contribution in [3.63, 3.8) is 0 Å². The molecule has 1 fully saturated rings. The van der Waals surface area contributed by atoms with Crippen LogP contribution in [0.2, 0.25) is 0 Å². The standard InChI is InChI=1S/C15H25NO2S/c1-10-7-8-19-15(10)14(11(2)16)18-13-6-4-5-12(9-13)17-3/h7-8,11-14H,4-6,9,16H2,1-3H3. The van der Waals surface area contributed by atoms with Crippen molar-refractivity contribution >= 4 is 11.3 Å². The van der Waals surface area contributed by atoms with Crippen LogP contribution < -0.4 is 5.73 Å². The lowest BCUT2D eigenvalue weighted by molar-refractivity contribution is -0.0715. The van der Waals surface area contributed by atoms with Gasteiger partial charge in [-0.15, -0.1) is 11.3 Å². The summed E-state index contributed by atoms with van der Waals surface area (Å²) in [5.41, 5.74) is 7.42. The summed E-state index contributed by atoms with van der Waals surface area (Å²) in [6.45, 7) is 4.16. The van der Waals surface area contributed by atoms with Crippen molar-refractivity contribution in [3.8, 4) is 0 Å². The molecule has 108 valence electrons. The molecule has 1 aromatic rings. The van der Waals surface area contributed by atoms with E-state index in [1.807, 2.05) is 6.92 Å². The molecule has 1 aromatic heterocycles. The summed E-state index contributed by atoms with van der Waals surface area (Å²) in [5, 5.41) is 2.11. The first-order valence-corrected chi connectivity index (χ1v) is 7.97. The summed E-state index contributed by atoms with van der Waals surface area (Å²) < 4.78 is 11.8.